The lowest BCUT2D eigenvalue weighted by Gasteiger charge is -2.05. The van der Waals surface area contributed by atoms with Crippen LogP contribution in [0.2, 0.25) is 0 Å². The molecular formula is C10H14ClN3O3. The molecular weight excluding hydrogens is 246 g/mol. The Bertz CT molecular complexity index is 423. The van der Waals surface area contributed by atoms with Crippen molar-refractivity contribution in [3.8, 4) is 0 Å². The average Bonchev–Trinajstić information content (AvgIpc) is 2.21. The molecule has 1 amide bonds. The monoisotopic (exact) mass is 259 g/mol. The highest BCUT2D eigenvalue weighted by atomic mass is 35.5. The third-order valence-electron chi connectivity index (χ3n) is 2.06. The molecule has 94 valence electrons. The number of carbonyl (C=O) groups excluding carboxylic acids is 1. The normalized spacial score (nSPS) is 9.29. The molecule has 0 heterocycles. The molecule has 0 saturated heterocycles. The summed E-state index contributed by atoms with van der Waals surface area (Å²) < 4.78 is 0. The van der Waals surface area contributed by atoms with Gasteiger partial charge in [-0.05, 0) is 13.0 Å². The summed E-state index contributed by atoms with van der Waals surface area (Å²) in [5, 5.41) is 13.2. The first kappa shape index (κ1) is 15.3. The molecule has 7 heteroatoms. The number of hydrogen-bond acceptors (Lipinski definition) is 4. The van der Waals surface area contributed by atoms with E-state index < -0.39 is 4.92 Å². The van der Waals surface area contributed by atoms with Crippen molar-refractivity contribution in [2.75, 3.05) is 11.9 Å². The number of anilines is 1. The zero-order valence-corrected chi connectivity index (χ0v) is 10.1. The quantitative estimate of drug-likeness (QED) is 0.634. The van der Waals surface area contributed by atoms with E-state index in [0.717, 1.165) is 0 Å². The van der Waals surface area contributed by atoms with E-state index in [2.05, 4.69) is 5.32 Å². The Balaban J connectivity index is 0.00000256. The van der Waals surface area contributed by atoms with Crippen molar-refractivity contribution in [2.45, 2.75) is 13.3 Å². The number of benzene rings is 1. The molecule has 0 aliphatic heterocycles. The average molecular weight is 260 g/mol. The maximum absolute atomic E-state index is 11.2. The van der Waals surface area contributed by atoms with Gasteiger partial charge in [-0.15, -0.1) is 12.4 Å². The first-order chi connectivity index (χ1) is 7.54. The van der Waals surface area contributed by atoms with Gasteiger partial charge in [-0.2, -0.15) is 0 Å². The van der Waals surface area contributed by atoms with Crippen molar-refractivity contribution in [1.29, 1.82) is 0 Å². The van der Waals surface area contributed by atoms with E-state index >= 15 is 0 Å². The molecule has 1 aromatic carbocycles. The number of nitro benzene ring substituents is 1. The number of rotatable bonds is 4. The van der Waals surface area contributed by atoms with Gasteiger partial charge < -0.3 is 11.1 Å². The molecule has 17 heavy (non-hydrogen) atoms. The van der Waals surface area contributed by atoms with E-state index in [0.29, 0.717) is 11.3 Å². The highest BCUT2D eigenvalue weighted by Gasteiger charge is 2.11. The van der Waals surface area contributed by atoms with Gasteiger partial charge in [0.05, 0.1) is 4.92 Å². The van der Waals surface area contributed by atoms with Crippen LogP contribution < -0.4 is 11.1 Å². The predicted molar refractivity (Wildman–Crippen MR) is 67.4 cm³/mol. The molecule has 0 fully saturated rings. The summed E-state index contributed by atoms with van der Waals surface area (Å²) in [7, 11) is 0. The second-order valence-electron chi connectivity index (χ2n) is 3.35. The van der Waals surface area contributed by atoms with Crippen molar-refractivity contribution in [3.05, 3.63) is 33.9 Å². The first-order valence-corrected chi connectivity index (χ1v) is 4.79. The summed E-state index contributed by atoms with van der Waals surface area (Å²) in [5.74, 6) is -0.249. The van der Waals surface area contributed by atoms with Gasteiger partial charge >= 0.3 is 0 Å². The fourth-order valence-electron chi connectivity index (χ4n) is 1.24. The highest BCUT2D eigenvalue weighted by molar-refractivity contribution is 5.91. The largest absolute Gasteiger partial charge is 0.330 e. The Hall–Kier alpha value is -1.66. The van der Waals surface area contributed by atoms with Crippen molar-refractivity contribution >= 4 is 29.7 Å². The Morgan fingerprint density at radius 3 is 2.71 bits per heavy atom. The minimum atomic E-state index is -0.478. The zero-order chi connectivity index (χ0) is 12.1. The lowest BCUT2D eigenvalue weighted by atomic mass is 10.2. The molecule has 6 nitrogen and oxygen atoms in total. The molecule has 0 aromatic heterocycles. The van der Waals surface area contributed by atoms with Crippen LogP contribution in [-0.2, 0) is 4.79 Å². The summed E-state index contributed by atoms with van der Waals surface area (Å²) in [6, 6.07) is 4.55. The number of amides is 1. The number of halogens is 1. The smallest absolute Gasteiger partial charge is 0.274 e. The third kappa shape index (κ3) is 4.38. The minimum absolute atomic E-state index is 0. The topological polar surface area (TPSA) is 98.3 Å². The number of hydrogen-bond donors (Lipinski definition) is 2. The molecule has 0 bridgehead atoms. The summed E-state index contributed by atoms with van der Waals surface area (Å²) >= 11 is 0. The summed E-state index contributed by atoms with van der Waals surface area (Å²) in [5.41, 5.74) is 6.18. The van der Waals surface area contributed by atoms with Crippen molar-refractivity contribution in [1.82, 2.24) is 0 Å². The standard InChI is InChI=1S/C10H13N3O3.ClH/c1-7-2-3-8(6-9(7)13(15)16)12-10(14)4-5-11;/h2-3,6H,4-5,11H2,1H3,(H,12,14);1H. The SMILES string of the molecule is Cc1ccc(NC(=O)CCN)cc1[N+](=O)[O-].Cl. The second kappa shape index (κ2) is 6.82. The molecule has 0 radical (unpaired) electrons. The van der Waals surface area contributed by atoms with Crippen LogP contribution in [-0.4, -0.2) is 17.4 Å². The lowest BCUT2D eigenvalue weighted by molar-refractivity contribution is -0.385. The van der Waals surface area contributed by atoms with Gasteiger partial charge in [-0.1, -0.05) is 6.07 Å². The van der Waals surface area contributed by atoms with Crippen molar-refractivity contribution in [2.24, 2.45) is 5.73 Å². The summed E-state index contributed by atoms with van der Waals surface area (Å²) in [6.45, 7) is 1.89. The van der Waals surface area contributed by atoms with Crippen LogP contribution in [0, 0.1) is 17.0 Å². The van der Waals surface area contributed by atoms with Gasteiger partial charge in [-0.3, -0.25) is 14.9 Å². The predicted octanol–water partition coefficient (Wildman–Crippen LogP) is 1.61. The molecule has 1 aromatic rings. The van der Waals surface area contributed by atoms with E-state index in [1.54, 1.807) is 19.1 Å². The van der Waals surface area contributed by atoms with Gasteiger partial charge in [0, 0.05) is 30.3 Å². The van der Waals surface area contributed by atoms with Crippen LogP contribution >= 0.6 is 12.4 Å². The maximum Gasteiger partial charge on any atom is 0.274 e. The van der Waals surface area contributed by atoms with Gasteiger partial charge in [-0.25, -0.2) is 0 Å². The van der Waals surface area contributed by atoms with E-state index in [9.17, 15) is 14.9 Å². The van der Waals surface area contributed by atoms with Gasteiger partial charge in [0.15, 0.2) is 0 Å². The van der Waals surface area contributed by atoms with E-state index in [4.69, 9.17) is 5.73 Å². The van der Waals surface area contributed by atoms with Crippen LogP contribution in [0.25, 0.3) is 0 Å². The Morgan fingerprint density at radius 2 is 2.18 bits per heavy atom. The summed E-state index contributed by atoms with van der Waals surface area (Å²) in [4.78, 5) is 21.4. The Morgan fingerprint density at radius 1 is 1.53 bits per heavy atom. The van der Waals surface area contributed by atoms with E-state index in [1.165, 1.54) is 6.07 Å². The van der Waals surface area contributed by atoms with E-state index in [1.807, 2.05) is 0 Å². The molecule has 0 unspecified atom stereocenters. The maximum atomic E-state index is 11.2. The zero-order valence-electron chi connectivity index (χ0n) is 9.30. The molecule has 0 spiro atoms. The fourth-order valence-corrected chi connectivity index (χ4v) is 1.24. The minimum Gasteiger partial charge on any atom is -0.330 e. The number of nitro groups is 1. The van der Waals surface area contributed by atoms with Crippen LogP contribution in [0.5, 0.6) is 0 Å². The number of nitrogens with two attached hydrogens (primary N) is 1. The molecule has 0 atom stereocenters. The van der Waals surface area contributed by atoms with Crippen LogP contribution in [0.3, 0.4) is 0 Å². The lowest BCUT2D eigenvalue weighted by Crippen LogP contribution is -2.16. The first-order valence-electron chi connectivity index (χ1n) is 4.79. The molecule has 0 aliphatic carbocycles. The third-order valence-corrected chi connectivity index (χ3v) is 2.06. The number of nitrogens with one attached hydrogen (secondary N) is 1. The molecule has 0 saturated carbocycles. The molecule has 0 aliphatic rings. The Kier molecular flexibility index (Phi) is 6.16. The van der Waals surface area contributed by atoms with Crippen LogP contribution in [0.1, 0.15) is 12.0 Å². The summed E-state index contributed by atoms with van der Waals surface area (Å²) in [6.07, 6.45) is 0.196. The molecule has 3 N–H and O–H groups in total. The number of nitrogens with zero attached hydrogens (tertiary/aromatic N) is 1. The second-order valence-corrected chi connectivity index (χ2v) is 3.35. The van der Waals surface area contributed by atoms with Crippen LogP contribution in [0.15, 0.2) is 18.2 Å². The number of carbonyl (C=O) groups is 1. The van der Waals surface area contributed by atoms with E-state index in [-0.39, 0.29) is 37.0 Å². The Labute approximate surface area is 105 Å². The van der Waals surface area contributed by atoms with Gasteiger partial charge in [0.1, 0.15) is 0 Å². The van der Waals surface area contributed by atoms with Crippen molar-refractivity contribution < 1.29 is 9.72 Å². The van der Waals surface area contributed by atoms with Crippen LogP contribution in [0.4, 0.5) is 11.4 Å². The highest BCUT2D eigenvalue weighted by Crippen LogP contribution is 2.22. The van der Waals surface area contributed by atoms with Gasteiger partial charge in [0.2, 0.25) is 5.91 Å². The van der Waals surface area contributed by atoms with Gasteiger partial charge in [0.25, 0.3) is 5.69 Å². The molecule has 1 rings (SSSR count). The fraction of sp³-hybridized carbons (Fsp3) is 0.300. The number of aryl methyl sites for hydroxylation is 1. The van der Waals surface area contributed by atoms with Crippen molar-refractivity contribution in [3.63, 3.8) is 0 Å².